The summed E-state index contributed by atoms with van der Waals surface area (Å²) in [6.07, 6.45) is -1.42. The van der Waals surface area contributed by atoms with Gasteiger partial charge in [0, 0.05) is 13.1 Å². The van der Waals surface area contributed by atoms with Crippen LogP contribution in [-0.4, -0.2) is 73.2 Å². The van der Waals surface area contributed by atoms with E-state index < -0.39 is 56.0 Å². The van der Waals surface area contributed by atoms with Gasteiger partial charge in [0.25, 0.3) is 11.7 Å². The van der Waals surface area contributed by atoms with Crippen molar-refractivity contribution >= 4 is 38.7 Å². The predicted octanol–water partition coefficient (Wildman–Crippen LogP) is 2.34. The number of hydrogen-bond acceptors (Lipinski definition) is 9. The Balaban J connectivity index is 1.86. The monoisotopic (exact) mass is 543 g/mol. The number of nitrogens with zero attached hydrogens (tertiary/aromatic N) is 2. The Morgan fingerprint density at radius 3 is 2.32 bits per heavy atom. The minimum Gasteiger partial charge on any atom is -0.434 e. The van der Waals surface area contributed by atoms with Crippen LogP contribution in [-0.2, 0) is 29.9 Å². The maximum absolute atomic E-state index is 14.2. The number of ketones is 1. The Morgan fingerprint density at radius 1 is 1.05 bits per heavy atom. The summed E-state index contributed by atoms with van der Waals surface area (Å²) in [6.45, 7) is 3.54. The number of nitrogens with two attached hydrogens (primary N) is 1. The molecule has 2 N–H and O–H groups in total. The lowest BCUT2D eigenvalue weighted by Crippen LogP contribution is -2.63. The highest BCUT2D eigenvalue weighted by atomic mass is 32.2. The molecule has 1 aliphatic heterocycles. The fourth-order valence-corrected chi connectivity index (χ4v) is 6.49. The number of fused-ring (bicyclic) bond motifs is 1. The summed E-state index contributed by atoms with van der Waals surface area (Å²) in [4.78, 5) is 45.8. The van der Waals surface area contributed by atoms with Crippen LogP contribution >= 0.6 is 0 Å². The van der Waals surface area contributed by atoms with Gasteiger partial charge in [0.15, 0.2) is 15.4 Å². The normalized spacial score (nSPS) is 17.4. The van der Waals surface area contributed by atoms with Gasteiger partial charge in [0.2, 0.25) is 11.5 Å². The van der Waals surface area contributed by atoms with E-state index in [0.29, 0.717) is 11.1 Å². The van der Waals surface area contributed by atoms with Crippen LogP contribution in [0.1, 0.15) is 30.1 Å². The maximum Gasteiger partial charge on any atom is 0.405 e. The Morgan fingerprint density at radius 2 is 1.68 bits per heavy atom. The van der Waals surface area contributed by atoms with Crippen molar-refractivity contribution in [3.8, 4) is 0 Å². The van der Waals surface area contributed by atoms with E-state index in [-0.39, 0.29) is 31.9 Å². The van der Waals surface area contributed by atoms with Crippen LogP contribution in [0.5, 0.6) is 0 Å². The quantitative estimate of drug-likeness (QED) is 0.400. The lowest BCUT2D eigenvalue weighted by molar-refractivity contribution is -0.145. The third-order valence-corrected chi connectivity index (χ3v) is 8.97. The number of para-hydroxylation sites is 2. The number of Topliss-reactive ketones (excluding diaryl/α,β-unsaturated/α-hetero) is 1. The number of benzene rings is 2. The van der Waals surface area contributed by atoms with Crippen molar-refractivity contribution in [1.82, 2.24) is 9.88 Å². The maximum atomic E-state index is 14.2. The van der Waals surface area contributed by atoms with E-state index in [1.807, 2.05) is 0 Å². The number of morpholine rings is 1. The molecule has 3 unspecified atom stereocenters. The molecule has 1 aromatic heterocycles. The smallest absolute Gasteiger partial charge is 0.405 e. The second-order valence-electron chi connectivity index (χ2n) is 9.12. The number of rotatable bonds is 9. The summed E-state index contributed by atoms with van der Waals surface area (Å²) in [7, 11) is -4.23. The first-order valence-electron chi connectivity index (χ1n) is 12.1. The molecule has 202 valence electrons. The number of hydrogen-bond donors (Lipinski definition) is 1. The third kappa shape index (κ3) is 5.27. The highest BCUT2D eigenvalue weighted by Crippen LogP contribution is 2.37. The van der Waals surface area contributed by atoms with Gasteiger partial charge in [-0.05, 0) is 31.5 Å². The summed E-state index contributed by atoms with van der Waals surface area (Å²) in [6, 6.07) is 14.9. The molecule has 1 aliphatic rings. The Hall–Kier alpha value is -3.77. The molecular formula is C26H29N3O8S. The minimum atomic E-state index is -4.23. The molecule has 3 aromatic rings. The number of amides is 2. The largest absolute Gasteiger partial charge is 0.434 e. The molecule has 2 heterocycles. The molecule has 0 saturated carbocycles. The lowest BCUT2D eigenvalue weighted by Gasteiger charge is -2.41. The first-order chi connectivity index (χ1) is 18.1. The molecule has 4 rings (SSSR count). The Kier molecular flexibility index (Phi) is 7.83. The average molecular weight is 544 g/mol. The highest BCUT2D eigenvalue weighted by molar-refractivity contribution is 7.91. The van der Waals surface area contributed by atoms with Gasteiger partial charge >= 0.3 is 6.09 Å². The van der Waals surface area contributed by atoms with Gasteiger partial charge in [0.05, 0.1) is 24.9 Å². The zero-order valence-electron chi connectivity index (χ0n) is 21.0. The number of carbonyl (C=O) groups is 3. The fourth-order valence-electron chi connectivity index (χ4n) is 4.69. The van der Waals surface area contributed by atoms with Crippen LogP contribution in [0, 0.1) is 5.92 Å². The number of ether oxygens (including phenoxy) is 2. The molecule has 38 heavy (non-hydrogen) atoms. The predicted molar refractivity (Wildman–Crippen MR) is 137 cm³/mol. The molecule has 1 saturated heterocycles. The van der Waals surface area contributed by atoms with E-state index in [1.54, 1.807) is 54.6 Å². The number of carbonyl (C=O) groups excluding carboxylic acids is 3. The highest BCUT2D eigenvalue weighted by Gasteiger charge is 2.60. The zero-order chi connectivity index (χ0) is 27.5. The van der Waals surface area contributed by atoms with Gasteiger partial charge in [0.1, 0.15) is 10.8 Å². The molecule has 0 spiro atoms. The van der Waals surface area contributed by atoms with Crippen molar-refractivity contribution in [2.24, 2.45) is 11.7 Å². The number of aromatic nitrogens is 1. The van der Waals surface area contributed by atoms with Gasteiger partial charge < -0.3 is 24.5 Å². The van der Waals surface area contributed by atoms with Gasteiger partial charge in [-0.2, -0.15) is 0 Å². The Labute approximate surface area is 219 Å². The zero-order valence-corrected chi connectivity index (χ0v) is 21.8. The second kappa shape index (κ2) is 10.9. The van der Waals surface area contributed by atoms with Crippen molar-refractivity contribution in [1.29, 1.82) is 0 Å². The molecule has 0 radical (unpaired) electrons. The summed E-state index contributed by atoms with van der Waals surface area (Å²) in [5.74, 6) is -4.11. The van der Waals surface area contributed by atoms with Crippen molar-refractivity contribution in [3.63, 3.8) is 0 Å². The lowest BCUT2D eigenvalue weighted by atomic mass is 9.80. The summed E-state index contributed by atoms with van der Waals surface area (Å²) in [5.41, 5.74) is 3.88. The summed E-state index contributed by atoms with van der Waals surface area (Å²) < 4.78 is 43.9. The molecule has 0 bridgehead atoms. The molecule has 12 heteroatoms. The molecule has 2 aromatic carbocycles. The van der Waals surface area contributed by atoms with Gasteiger partial charge in [-0.25, -0.2) is 18.2 Å². The van der Waals surface area contributed by atoms with Crippen LogP contribution in [0.2, 0.25) is 0 Å². The number of oxazole rings is 1. The molecule has 11 nitrogen and oxygen atoms in total. The van der Waals surface area contributed by atoms with Gasteiger partial charge in [-0.3, -0.25) is 9.59 Å². The van der Waals surface area contributed by atoms with Gasteiger partial charge in [-0.15, -0.1) is 0 Å². The second-order valence-corrected chi connectivity index (χ2v) is 11.4. The van der Waals surface area contributed by atoms with Crippen LogP contribution < -0.4 is 5.73 Å². The van der Waals surface area contributed by atoms with E-state index in [4.69, 9.17) is 19.6 Å². The Bertz CT molecular complexity index is 1400. The van der Waals surface area contributed by atoms with E-state index in [2.05, 4.69) is 4.98 Å². The first-order valence-corrected chi connectivity index (χ1v) is 13.8. The standard InChI is InChI=1S/C26H29N3O8S/c1-17(24(31)29-12-14-35-15-13-29)26(37-25(27)32,18(2)38(33,34)16-19-8-4-3-5-9-19)22(30)23-28-20-10-6-7-11-21(20)36-23/h3-11,17-18H,12-16H2,1-2H3,(H2,27,32). The third-order valence-electron chi connectivity index (χ3n) is 6.80. The van der Waals surface area contributed by atoms with E-state index in [1.165, 1.54) is 18.7 Å². The minimum absolute atomic E-state index is 0.220. The van der Waals surface area contributed by atoms with Crippen molar-refractivity contribution < 1.29 is 36.7 Å². The number of sulfone groups is 1. The van der Waals surface area contributed by atoms with E-state index >= 15 is 0 Å². The molecule has 3 atom stereocenters. The van der Waals surface area contributed by atoms with Crippen LogP contribution in [0.15, 0.2) is 59.0 Å². The van der Waals surface area contributed by atoms with Crippen LogP contribution in [0.4, 0.5) is 4.79 Å². The SMILES string of the molecule is CC(C(=O)N1CCOCC1)C(OC(N)=O)(C(=O)c1nc2ccccc2o1)C(C)S(=O)(=O)Cc1ccccc1. The average Bonchev–Trinajstić information content (AvgIpc) is 3.35. The number of primary amides is 1. The summed E-state index contributed by atoms with van der Waals surface area (Å²) >= 11 is 0. The molecule has 0 aliphatic carbocycles. The van der Waals surface area contributed by atoms with Gasteiger partial charge in [-0.1, -0.05) is 42.5 Å². The van der Waals surface area contributed by atoms with Crippen molar-refractivity contribution in [3.05, 3.63) is 66.1 Å². The molecule has 2 amide bonds. The van der Waals surface area contributed by atoms with Crippen LogP contribution in [0.25, 0.3) is 11.1 Å². The van der Waals surface area contributed by atoms with E-state index in [9.17, 15) is 22.8 Å². The fraction of sp³-hybridized carbons (Fsp3) is 0.385. The first kappa shape index (κ1) is 27.3. The van der Waals surface area contributed by atoms with Crippen LogP contribution in [0.3, 0.4) is 0 Å². The van der Waals surface area contributed by atoms with Crippen molar-refractivity contribution in [2.45, 2.75) is 30.5 Å². The van der Waals surface area contributed by atoms with Crippen molar-refractivity contribution in [2.75, 3.05) is 26.3 Å². The summed E-state index contributed by atoms with van der Waals surface area (Å²) in [5, 5.41) is -1.70. The molecule has 1 fully saturated rings. The molecular weight excluding hydrogens is 514 g/mol. The van der Waals surface area contributed by atoms with E-state index in [0.717, 1.165) is 0 Å². The topological polar surface area (TPSA) is 159 Å².